The standard InChI is InChI=1S/C28H29F6N5O4/c1-13-10-38(11-14(2)41-13)25-22(36-21(9-35-25)23-15(3)37-43-17(23)5)12-39-16(4)24(42-26(39)40)18-6-19(27(29,30)31)8-20(7-18)28(32,33)34/h6-9,13-14,16,24H,10-12H2,1-5H3/t13?,14?,16-,24?/m0/s1. The lowest BCUT2D eigenvalue weighted by molar-refractivity contribution is -0.143. The van der Waals surface area contributed by atoms with E-state index in [4.69, 9.17) is 19.0 Å². The number of anilines is 1. The summed E-state index contributed by atoms with van der Waals surface area (Å²) >= 11 is 0. The summed E-state index contributed by atoms with van der Waals surface area (Å²) < 4.78 is 97.6. The molecule has 2 aliphatic heterocycles. The van der Waals surface area contributed by atoms with E-state index in [-0.39, 0.29) is 24.8 Å². The number of morpholine rings is 1. The molecule has 0 aliphatic carbocycles. The van der Waals surface area contributed by atoms with Crippen molar-refractivity contribution < 1.29 is 45.1 Å². The fraction of sp³-hybridized carbons (Fsp3) is 0.500. The van der Waals surface area contributed by atoms with Gasteiger partial charge >= 0.3 is 18.4 Å². The van der Waals surface area contributed by atoms with Crippen molar-refractivity contribution in [3.63, 3.8) is 0 Å². The summed E-state index contributed by atoms with van der Waals surface area (Å²) in [5, 5.41) is 3.96. The number of hydrogen-bond donors (Lipinski definition) is 0. The molecule has 5 rings (SSSR count). The van der Waals surface area contributed by atoms with Crippen LogP contribution < -0.4 is 4.90 Å². The molecule has 3 aromatic rings. The van der Waals surface area contributed by atoms with Gasteiger partial charge in [0.2, 0.25) is 0 Å². The number of rotatable bonds is 5. The lowest BCUT2D eigenvalue weighted by Gasteiger charge is -2.37. The number of benzene rings is 1. The zero-order valence-electron chi connectivity index (χ0n) is 23.9. The van der Waals surface area contributed by atoms with Gasteiger partial charge < -0.3 is 18.9 Å². The molecule has 2 fully saturated rings. The van der Waals surface area contributed by atoms with Gasteiger partial charge in [-0.3, -0.25) is 4.90 Å². The monoisotopic (exact) mass is 613 g/mol. The first-order chi connectivity index (χ1) is 20.0. The van der Waals surface area contributed by atoms with Crippen LogP contribution in [0.5, 0.6) is 0 Å². The Morgan fingerprint density at radius 3 is 2.09 bits per heavy atom. The number of carbonyl (C=O) groups is 1. The Kier molecular flexibility index (Phi) is 7.82. The number of amides is 1. The molecule has 232 valence electrons. The molecule has 15 heteroatoms. The Labute approximate surface area is 242 Å². The zero-order valence-corrected chi connectivity index (χ0v) is 23.9. The van der Waals surface area contributed by atoms with Crippen molar-refractivity contribution in [2.75, 3.05) is 18.0 Å². The number of ether oxygens (including phenoxy) is 2. The highest BCUT2D eigenvalue weighted by atomic mass is 19.4. The third kappa shape index (κ3) is 6.12. The van der Waals surface area contributed by atoms with Crippen LogP contribution >= 0.6 is 0 Å². The minimum absolute atomic E-state index is 0.0368. The third-order valence-electron chi connectivity index (χ3n) is 7.48. The molecule has 1 amide bonds. The molecule has 2 aromatic heterocycles. The number of hydrogen-bond acceptors (Lipinski definition) is 8. The minimum Gasteiger partial charge on any atom is -0.439 e. The van der Waals surface area contributed by atoms with Gasteiger partial charge in [-0.2, -0.15) is 26.3 Å². The Morgan fingerprint density at radius 2 is 1.56 bits per heavy atom. The van der Waals surface area contributed by atoms with Crippen LogP contribution in [-0.2, 0) is 28.4 Å². The molecule has 3 unspecified atom stereocenters. The smallest absolute Gasteiger partial charge is 0.416 e. The second-order valence-electron chi connectivity index (χ2n) is 10.9. The van der Waals surface area contributed by atoms with Crippen molar-refractivity contribution in [2.45, 2.75) is 77.9 Å². The maximum atomic E-state index is 13.5. The molecule has 43 heavy (non-hydrogen) atoms. The molecule has 1 aromatic carbocycles. The quantitative estimate of drug-likeness (QED) is 0.302. The van der Waals surface area contributed by atoms with E-state index in [2.05, 4.69) is 10.1 Å². The second kappa shape index (κ2) is 11.0. The predicted octanol–water partition coefficient (Wildman–Crippen LogP) is 6.48. The van der Waals surface area contributed by atoms with E-state index in [1.54, 1.807) is 20.0 Å². The van der Waals surface area contributed by atoms with Gasteiger partial charge in [0.25, 0.3) is 0 Å². The molecule has 4 heterocycles. The summed E-state index contributed by atoms with van der Waals surface area (Å²) in [7, 11) is 0. The van der Waals surface area contributed by atoms with Gasteiger partial charge in [-0.25, -0.2) is 14.8 Å². The summed E-state index contributed by atoms with van der Waals surface area (Å²) in [5.74, 6) is 0.956. The molecule has 4 atom stereocenters. The molecule has 0 N–H and O–H groups in total. The highest BCUT2D eigenvalue weighted by molar-refractivity contribution is 5.72. The van der Waals surface area contributed by atoms with Gasteiger partial charge in [0.15, 0.2) is 5.82 Å². The summed E-state index contributed by atoms with van der Waals surface area (Å²) in [4.78, 5) is 25.7. The number of halogens is 6. The van der Waals surface area contributed by atoms with E-state index in [1.807, 2.05) is 18.7 Å². The van der Waals surface area contributed by atoms with Gasteiger partial charge in [0.05, 0.1) is 59.1 Å². The van der Waals surface area contributed by atoms with Crippen LogP contribution in [0.3, 0.4) is 0 Å². The molecule has 0 bridgehead atoms. The molecular formula is C28H29F6N5O4. The van der Waals surface area contributed by atoms with Crippen LogP contribution in [-0.4, -0.2) is 57.5 Å². The molecule has 0 spiro atoms. The molecule has 2 aliphatic rings. The predicted molar refractivity (Wildman–Crippen MR) is 140 cm³/mol. The fourth-order valence-electron chi connectivity index (χ4n) is 5.58. The van der Waals surface area contributed by atoms with Crippen molar-refractivity contribution in [2.24, 2.45) is 0 Å². The Balaban J connectivity index is 1.53. The van der Waals surface area contributed by atoms with E-state index in [0.29, 0.717) is 59.4 Å². The summed E-state index contributed by atoms with van der Waals surface area (Å²) in [6.07, 6.45) is -11.1. The molecule has 0 saturated carbocycles. The summed E-state index contributed by atoms with van der Waals surface area (Å²) in [6.45, 7) is 9.53. The largest absolute Gasteiger partial charge is 0.439 e. The minimum atomic E-state index is -5.04. The van der Waals surface area contributed by atoms with E-state index >= 15 is 0 Å². The number of aryl methyl sites for hydroxylation is 2. The highest BCUT2D eigenvalue weighted by Crippen LogP contribution is 2.41. The van der Waals surface area contributed by atoms with E-state index in [1.165, 1.54) is 11.8 Å². The number of aromatic nitrogens is 3. The Hall–Kier alpha value is -3.88. The molecule has 9 nitrogen and oxygen atoms in total. The molecule has 2 saturated heterocycles. The SMILES string of the molecule is Cc1noc(C)c1-c1cnc(N2CC(C)OC(C)C2)c(CN2C(=O)OC(c3cc(C(F)(F)F)cc(C(F)(F)F)c3)[C@@H]2C)n1. The number of carbonyl (C=O) groups excluding carboxylic acids is 1. The van der Waals surface area contributed by atoms with Crippen LogP contribution in [0, 0.1) is 13.8 Å². The third-order valence-corrected chi connectivity index (χ3v) is 7.48. The lowest BCUT2D eigenvalue weighted by Crippen LogP contribution is -2.46. The van der Waals surface area contributed by atoms with Crippen molar-refractivity contribution >= 4 is 11.9 Å². The lowest BCUT2D eigenvalue weighted by atomic mass is 9.97. The van der Waals surface area contributed by atoms with E-state index in [0.717, 1.165) is 0 Å². The van der Waals surface area contributed by atoms with Crippen LogP contribution in [0.15, 0.2) is 28.9 Å². The first kappa shape index (κ1) is 30.6. The fourth-order valence-corrected chi connectivity index (χ4v) is 5.58. The maximum Gasteiger partial charge on any atom is 0.416 e. The normalized spacial score (nSPS) is 23.2. The van der Waals surface area contributed by atoms with Crippen molar-refractivity contribution in [1.29, 1.82) is 0 Å². The second-order valence-corrected chi connectivity index (χ2v) is 10.9. The Bertz CT molecular complexity index is 1460. The van der Waals surface area contributed by atoms with Crippen molar-refractivity contribution in [3.05, 3.63) is 58.2 Å². The first-order valence-electron chi connectivity index (χ1n) is 13.5. The van der Waals surface area contributed by atoms with E-state index in [9.17, 15) is 31.1 Å². The summed E-state index contributed by atoms with van der Waals surface area (Å²) in [5.41, 5.74) is -1.44. The average molecular weight is 614 g/mol. The van der Waals surface area contributed by atoms with Crippen LogP contribution in [0.4, 0.5) is 37.0 Å². The van der Waals surface area contributed by atoms with E-state index < -0.39 is 47.3 Å². The molecular weight excluding hydrogens is 584 g/mol. The van der Waals surface area contributed by atoms with Gasteiger partial charge in [-0.1, -0.05) is 5.16 Å². The number of cyclic esters (lactones) is 1. The van der Waals surface area contributed by atoms with Gasteiger partial charge in [-0.15, -0.1) is 0 Å². The highest BCUT2D eigenvalue weighted by Gasteiger charge is 2.44. The maximum absolute atomic E-state index is 13.5. The number of alkyl halides is 6. The molecule has 0 radical (unpaired) electrons. The van der Waals surface area contributed by atoms with Gasteiger partial charge in [0.1, 0.15) is 17.6 Å². The summed E-state index contributed by atoms with van der Waals surface area (Å²) in [6, 6.07) is 0.242. The topological polar surface area (TPSA) is 93.8 Å². The average Bonchev–Trinajstić information content (AvgIpc) is 3.39. The first-order valence-corrected chi connectivity index (χ1v) is 13.5. The van der Waals surface area contributed by atoms with Gasteiger partial charge in [-0.05, 0) is 58.4 Å². The Morgan fingerprint density at radius 1 is 0.953 bits per heavy atom. The van der Waals surface area contributed by atoms with Crippen LogP contribution in [0.25, 0.3) is 11.3 Å². The number of nitrogens with zero attached hydrogens (tertiary/aromatic N) is 5. The van der Waals surface area contributed by atoms with Crippen LogP contribution in [0.1, 0.15) is 60.7 Å². The van der Waals surface area contributed by atoms with Gasteiger partial charge in [0, 0.05) is 13.1 Å². The van der Waals surface area contributed by atoms with Crippen molar-refractivity contribution in [3.8, 4) is 11.3 Å². The van der Waals surface area contributed by atoms with Crippen LogP contribution in [0.2, 0.25) is 0 Å². The van der Waals surface area contributed by atoms with Crippen molar-refractivity contribution in [1.82, 2.24) is 20.0 Å². The zero-order chi connectivity index (χ0) is 31.4.